The Kier molecular flexibility index (Phi) is 5.96. The number of anilines is 1. The predicted octanol–water partition coefficient (Wildman–Crippen LogP) is 1.85. The van der Waals surface area contributed by atoms with Crippen LogP contribution in [0, 0.1) is 0 Å². The number of morpholine rings is 1. The highest BCUT2D eigenvalue weighted by Crippen LogP contribution is 2.20. The molecule has 2 rings (SSSR count). The molecule has 1 saturated heterocycles. The normalized spacial score (nSPS) is 15.8. The van der Waals surface area contributed by atoms with Gasteiger partial charge in [-0.2, -0.15) is 0 Å². The van der Waals surface area contributed by atoms with Crippen LogP contribution >= 0.6 is 0 Å². The monoisotopic (exact) mass is 321 g/mol. The minimum Gasteiger partial charge on any atom is -0.378 e. The lowest BCUT2D eigenvalue weighted by molar-refractivity contribution is -0.0527. The van der Waals surface area contributed by atoms with Crippen molar-refractivity contribution in [2.45, 2.75) is 39.4 Å². The summed E-state index contributed by atoms with van der Waals surface area (Å²) in [5.41, 5.74) is 1.09. The minimum atomic E-state index is -0.407. The van der Waals surface area contributed by atoms with E-state index >= 15 is 0 Å². The van der Waals surface area contributed by atoms with Gasteiger partial charge >= 0.3 is 0 Å². The molecule has 6 heteroatoms. The molecule has 0 atom stereocenters. The SMILES string of the molecule is CC(C)OC(C)(C)CNC(=O)c1ccncc1N1CCOCC1. The fourth-order valence-corrected chi connectivity index (χ4v) is 2.70. The van der Waals surface area contributed by atoms with Crippen LogP contribution in [-0.4, -0.2) is 55.4 Å². The summed E-state index contributed by atoms with van der Waals surface area (Å²) in [5, 5.41) is 2.97. The maximum Gasteiger partial charge on any atom is 0.253 e. The molecule has 1 fully saturated rings. The molecule has 0 bridgehead atoms. The molecule has 0 radical (unpaired) electrons. The van der Waals surface area contributed by atoms with E-state index in [0.717, 1.165) is 18.8 Å². The zero-order valence-electron chi connectivity index (χ0n) is 14.5. The zero-order chi connectivity index (χ0) is 16.9. The summed E-state index contributed by atoms with van der Waals surface area (Å²) in [5.74, 6) is -0.102. The first-order valence-corrected chi connectivity index (χ1v) is 8.12. The first kappa shape index (κ1) is 17.7. The van der Waals surface area contributed by atoms with Gasteiger partial charge in [-0.05, 0) is 33.8 Å². The Morgan fingerprint density at radius 2 is 2.13 bits per heavy atom. The molecule has 0 saturated carbocycles. The van der Waals surface area contributed by atoms with Crippen LogP contribution in [-0.2, 0) is 9.47 Å². The molecular formula is C17H27N3O3. The number of rotatable bonds is 6. The summed E-state index contributed by atoms with van der Waals surface area (Å²) in [6, 6.07) is 1.76. The number of aromatic nitrogens is 1. The van der Waals surface area contributed by atoms with Gasteiger partial charge in [0.2, 0.25) is 0 Å². The van der Waals surface area contributed by atoms with Gasteiger partial charge in [0.25, 0.3) is 5.91 Å². The first-order valence-electron chi connectivity index (χ1n) is 8.12. The van der Waals surface area contributed by atoms with E-state index in [1.807, 2.05) is 27.7 Å². The van der Waals surface area contributed by atoms with Gasteiger partial charge in [0.1, 0.15) is 0 Å². The van der Waals surface area contributed by atoms with Gasteiger partial charge < -0.3 is 19.7 Å². The molecule has 1 amide bonds. The van der Waals surface area contributed by atoms with Crippen molar-refractivity contribution in [2.24, 2.45) is 0 Å². The van der Waals surface area contributed by atoms with Gasteiger partial charge in [-0.3, -0.25) is 9.78 Å². The number of amides is 1. The number of carbonyl (C=O) groups is 1. The summed E-state index contributed by atoms with van der Waals surface area (Å²) in [6.45, 7) is 11.3. The standard InChI is InChI=1S/C17H27N3O3/c1-13(2)23-17(3,4)12-19-16(21)14-5-6-18-11-15(14)20-7-9-22-10-8-20/h5-6,11,13H,7-10,12H2,1-4H3,(H,19,21). The van der Waals surface area contributed by atoms with E-state index in [9.17, 15) is 4.79 Å². The van der Waals surface area contributed by atoms with Crippen molar-refractivity contribution in [3.05, 3.63) is 24.0 Å². The van der Waals surface area contributed by atoms with E-state index in [1.54, 1.807) is 18.5 Å². The molecule has 23 heavy (non-hydrogen) atoms. The highest BCUT2D eigenvalue weighted by molar-refractivity contribution is 5.99. The zero-order valence-corrected chi connectivity index (χ0v) is 14.5. The Balaban J connectivity index is 2.04. The number of hydrogen-bond acceptors (Lipinski definition) is 5. The van der Waals surface area contributed by atoms with Crippen molar-refractivity contribution < 1.29 is 14.3 Å². The lowest BCUT2D eigenvalue weighted by Crippen LogP contribution is -2.43. The summed E-state index contributed by atoms with van der Waals surface area (Å²) in [6.07, 6.45) is 3.51. The van der Waals surface area contributed by atoms with Crippen LogP contribution in [0.25, 0.3) is 0 Å². The molecule has 0 aliphatic carbocycles. The van der Waals surface area contributed by atoms with Crippen LogP contribution in [0.1, 0.15) is 38.1 Å². The molecular weight excluding hydrogens is 294 g/mol. The summed E-state index contributed by atoms with van der Waals surface area (Å²) in [7, 11) is 0. The molecule has 0 aromatic carbocycles. The van der Waals surface area contributed by atoms with Crippen LogP contribution < -0.4 is 10.2 Å². The van der Waals surface area contributed by atoms with Gasteiger partial charge in [0.15, 0.2) is 0 Å². The van der Waals surface area contributed by atoms with Crippen LogP contribution in [0.5, 0.6) is 0 Å². The highest BCUT2D eigenvalue weighted by Gasteiger charge is 2.23. The van der Waals surface area contributed by atoms with Crippen LogP contribution in [0.2, 0.25) is 0 Å². The largest absolute Gasteiger partial charge is 0.378 e. The molecule has 1 N–H and O–H groups in total. The van der Waals surface area contributed by atoms with Crippen molar-refractivity contribution in [3.8, 4) is 0 Å². The second-order valence-electron chi connectivity index (χ2n) is 6.60. The van der Waals surface area contributed by atoms with Crippen molar-refractivity contribution in [2.75, 3.05) is 37.7 Å². The van der Waals surface area contributed by atoms with Gasteiger partial charge in [-0.1, -0.05) is 0 Å². The van der Waals surface area contributed by atoms with Crippen molar-refractivity contribution in [1.29, 1.82) is 0 Å². The molecule has 6 nitrogen and oxygen atoms in total. The van der Waals surface area contributed by atoms with Gasteiger partial charge in [-0.25, -0.2) is 0 Å². The molecule has 0 spiro atoms. The van der Waals surface area contributed by atoms with E-state index in [1.165, 1.54) is 0 Å². The fourth-order valence-electron chi connectivity index (χ4n) is 2.70. The number of carbonyl (C=O) groups excluding carboxylic acids is 1. The number of pyridine rings is 1. The number of nitrogens with one attached hydrogen (secondary N) is 1. The lowest BCUT2D eigenvalue weighted by Gasteiger charge is -2.31. The third-order valence-electron chi connectivity index (χ3n) is 3.63. The summed E-state index contributed by atoms with van der Waals surface area (Å²) in [4.78, 5) is 18.9. The van der Waals surface area contributed by atoms with Crippen LogP contribution in [0.4, 0.5) is 5.69 Å². The molecule has 128 valence electrons. The van der Waals surface area contributed by atoms with Crippen molar-refractivity contribution in [1.82, 2.24) is 10.3 Å². The molecule has 1 aromatic heterocycles. The van der Waals surface area contributed by atoms with E-state index in [2.05, 4.69) is 15.2 Å². The summed E-state index contributed by atoms with van der Waals surface area (Å²) >= 11 is 0. The molecule has 1 aromatic rings. The van der Waals surface area contributed by atoms with E-state index < -0.39 is 5.60 Å². The van der Waals surface area contributed by atoms with E-state index in [4.69, 9.17) is 9.47 Å². The highest BCUT2D eigenvalue weighted by atomic mass is 16.5. The van der Waals surface area contributed by atoms with Gasteiger partial charge in [-0.15, -0.1) is 0 Å². The van der Waals surface area contributed by atoms with Crippen molar-refractivity contribution >= 4 is 11.6 Å². The Bertz CT molecular complexity index is 526. The van der Waals surface area contributed by atoms with E-state index in [-0.39, 0.29) is 12.0 Å². The van der Waals surface area contributed by atoms with Crippen molar-refractivity contribution in [3.63, 3.8) is 0 Å². The second-order valence-corrected chi connectivity index (χ2v) is 6.60. The average molecular weight is 321 g/mol. The summed E-state index contributed by atoms with van der Waals surface area (Å²) < 4.78 is 11.2. The van der Waals surface area contributed by atoms with E-state index in [0.29, 0.717) is 25.3 Å². The average Bonchev–Trinajstić information content (AvgIpc) is 2.52. The molecule has 1 aliphatic heterocycles. The Labute approximate surface area is 138 Å². The maximum absolute atomic E-state index is 12.6. The Morgan fingerprint density at radius 3 is 2.78 bits per heavy atom. The second kappa shape index (κ2) is 7.75. The molecule has 0 unspecified atom stereocenters. The predicted molar refractivity (Wildman–Crippen MR) is 89.9 cm³/mol. The minimum absolute atomic E-state index is 0.102. The number of hydrogen-bond donors (Lipinski definition) is 1. The third-order valence-corrected chi connectivity index (χ3v) is 3.63. The quantitative estimate of drug-likeness (QED) is 0.866. The third kappa shape index (κ3) is 5.18. The number of nitrogens with zero attached hydrogens (tertiary/aromatic N) is 2. The van der Waals surface area contributed by atoms with Crippen LogP contribution in [0.3, 0.4) is 0 Å². The number of ether oxygens (including phenoxy) is 2. The topological polar surface area (TPSA) is 63.7 Å². The Morgan fingerprint density at radius 1 is 1.43 bits per heavy atom. The molecule has 2 heterocycles. The fraction of sp³-hybridized carbons (Fsp3) is 0.647. The first-order chi connectivity index (χ1) is 10.9. The molecule has 1 aliphatic rings. The maximum atomic E-state index is 12.6. The smallest absolute Gasteiger partial charge is 0.253 e. The lowest BCUT2D eigenvalue weighted by atomic mass is 10.1. The van der Waals surface area contributed by atoms with Crippen LogP contribution in [0.15, 0.2) is 18.5 Å². The Hall–Kier alpha value is -1.66. The van der Waals surface area contributed by atoms with Gasteiger partial charge in [0, 0.05) is 25.8 Å². The van der Waals surface area contributed by atoms with Gasteiger partial charge in [0.05, 0.1) is 42.4 Å².